The molecule has 0 saturated carbocycles. The molecular formula is C12H16BrFN2O. The van der Waals surface area contributed by atoms with Gasteiger partial charge < -0.3 is 10.5 Å². The minimum absolute atomic E-state index is 0.0360. The Morgan fingerprint density at radius 3 is 3.00 bits per heavy atom. The van der Waals surface area contributed by atoms with E-state index in [0.29, 0.717) is 17.6 Å². The van der Waals surface area contributed by atoms with Crippen LogP contribution in [0.4, 0.5) is 4.39 Å². The molecule has 0 aliphatic carbocycles. The number of rotatable bonds is 2. The fourth-order valence-electron chi connectivity index (χ4n) is 2.22. The van der Waals surface area contributed by atoms with E-state index in [1.165, 1.54) is 6.07 Å². The van der Waals surface area contributed by atoms with Crippen molar-refractivity contribution in [2.45, 2.75) is 12.1 Å². The number of nitrogens with two attached hydrogens (primary N) is 1. The Morgan fingerprint density at radius 2 is 2.35 bits per heavy atom. The molecule has 1 aromatic carbocycles. The summed E-state index contributed by atoms with van der Waals surface area (Å²) in [6.07, 6.45) is -0.0360. The van der Waals surface area contributed by atoms with Gasteiger partial charge in [-0.05, 0) is 40.7 Å². The molecule has 0 aromatic heterocycles. The van der Waals surface area contributed by atoms with E-state index in [0.717, 1.165) is 12.1 Å². The van der Waals surface area contributed by atoms with Gasteiger partial charge in [0.2, 0.25) is 0 Å². The first kappa shape index (κ1) is 13.0. The molecule has 2 rings (SSSR count). The van der Waals surface area contributed by atoms with Crippen molar-refractivity contribution in [3.63, 3.8) is 0 Å². The second-order valence-electron chi connectivity index (χ2n) is 4.24. The van der Waals surface area contributed by atoms with E-state index in [-0.39, 0.29) is 18.0 Å². The molecule has 0 amide bonds. The Hall–Kier alpha value is -0.490. The Morgan fingerprint density at radius 1 is 1.59 bits per heavy atom. The van der Waals surface area contributed by atoms with Crippen LogP contribution in [0.1, 0.15) is 11.6 Å². The van der Waals surface area contributed by atoms with Crippen LogP contribution in [0.3, 0.4) is 0 Å². The van der Waals surface area contributed by atoms with Crippen molar-refractivity contribution in [2.24, 2.45) is 5.73 Å². The van der Waals surface area contributed by atoms with Gasteiger partial charge in [0.1, 0.15) is 5.82 Å². The second-order valence-corrected chi connectivity index (χ2v) is 5.10. The van der Waals surface area contributed by atoms with Crippen molar-refractivity contribution in [3.05, 3.63) is 34.1 Å². The molecule has 0 bridgehead atoms. The van der Waals surface area contributed by atoms with Gasteiger partial charge in [-0.25, -0.2) is 4.39 Å². The first-order chi connectivity index (χ1) is 8.13. The fourth-order valence-corrected chi connectivity index (χ4v) is 2.62. The van der Waals surface area contributed by atoms with Gasteiger partial charge in [-0.3, -0.25) is 4.90 Å². The summed E-state index contributed by atoms with van der Waals surface area (Å²) in [5.74, 6) is -0.252. The molecule has 2 N–H and O–H groups in total. The van der Waals surface area contributed by atoms with E-state index in [1.54, 1.807) is 12.1 Å². The van der Waals surface area contributed by atoms with Gasteiger partial charge in [0.05, 0.1) is 23.2 Å². The molecule has 5 heteroatoms. The van der Waals surface area contributed by atoms with Gasteiger partial charge in [0.15, 0.2) is 0 Å². The third-order valence-electron chi connectivity index (χ3n) is 3.12. The lowest BCUT2D eigenvalue weighted by atomic mass is 9.98. The van der Waals surface area contributed by atoms with Gasteiger partial charge in [-0.1, -0.05) is 6.07 Å². The van der Waals surface area contributed by atoms with Crippen LogP contribution in [-0.2, 0) is 4.74 Å². The van der Waals surface area contributed by atoms with E-state index in [2.05, 4.69) is 20.8 Å². The van der Waals surface area contributed by atoms with E-state index in [4.69, 9.17) is 10.5 Å². The van der Waals surface area contributed by atoms with Crippen molar-refractivity contribution in [2.75, 3.05) is 26.7 Å². The third kappa shape index (κ3) is 2.68. The number of likely N-dealkylation sites (N-methyl/N-ethyl adjacent to an activating group) is 1. The molecule has 1 aliphatic rings. The normalized spacial score (nSPS) is 26.1. The highest BCUT2D eigenvalue weighted by Gasteiger charge is 2.30. The number of benzene rings is 1. The van der Waals surface area contributed by atoms with Gasteiger partial charge in [-0.2, -0.15) is 0 Å². The number of morpholine rings is 1. The van der Waals surface area contributed by atoms with Crippen molar-refractivity contribution in [1.82, 2.24) is 4.90 Å². The van der Waals surface area contributed by atoms with E-state index in [9.17, 15) is 4.39 Å². The average molecular weight is 303 g/mol. The topological polar surface area (TPSA) is 38.5 Å². The van der Waals surface area contributed by atoms with Crippen molar-refractivity contribution >= 4 is 15.9 Å². The van der Waals surface area contributed by atoms with Crippen LogP contribution in [0.5, 0.6) is 0 Å². The van der Waals surface area contributed by atoms with Crippen molar-refractivity contribution < 1.29 is 9.13 Å². The molecule has 1 heterocycles. The van der Waals surface area contributed by atoms with Crippen LogP contribution in [0.15, 0.2) is 22.7 Å². The molecule has 1 aromatic rings. The fraction of sp³-hybridized carbons (Fsp3) is 0.500. The van der Waals surface area contributed by atoms with Crippen LogP contribution in [0.25, 0.3) is 0 Å². The highest BCUT2D eigenvalue weighted by Crippen LogP contribution is 2.30. The molecular weight excluding hydrogens is 287 g/mol. The standard InChI is InChI=1S/C12H16BrFN2O/c1-16-4-5-17-11(7-15)12(16)8-2-3-10(14)9(13)6-8/h2-3,6,11-12H,4-5,7,15H2,1H3. The number of hydrogen-bond donors (Lipinski definition) is 1. The highest BCUT2D eigenvalue weighted by molar-refractivity contribution is 9.10. The van der Waals surface area contributed by atoms with Gasteiger partial charge in [0, 0.05) is 13.1 Å². The lowest BCUT2D eigenvalue weighted by Gasteiger charge is -2.39. The third-order valence-corrected chi connectivity index (χ3v) is 3.73. The number of hydrogen-bond acceptors (Lipinski definition) is 3. The number of nitrogens with zero attached hydrogens (tertiary/aromatic N) is 1. The zero-order valence-electron chi connectivity index (χ0n) is 9.70. The molecule has 1 fully saturated rings. The lowest BCUT2D eigenvalue weighted by molar-refractivity contribution is -0.0576. The summed E-state index contributed by atoms with van der Waals surface area (Å²) in [6.45, 7) is 2.01. The minimum atomic E-state index is -0.252. The number of ether oxygens (including phenoxy) is 1. The molecule has 1 aliphatic heterocycles. The van der Waals surface area contributed by atoms with Crippen LogP contribution >= 0.6 is 15.9 Å². The molecule has 1 saturated heterocycles. The SMILES string of the molecule is CN1CCOC(CN)C1c1ccc(F)c(Br)c1. The van der Waals surface area contributed by atoms with E-state index >= 15 is 0 Å². The zero-order valence-corrected chi connectivity index (χ0v) is 11.3. The van der Waals surface area contributed by atoms with E-state index in [1.807, 2.05) is 7.05 Å². The van der Waals surface area contributed by atoms with Crippen LogP contribution in [-0.4, -0.2) is 37.7 Å². The summed E-state index contributed by atoms with van der Waals surface area (Å²) in [7, 11) is 2.03. The molecule has 0 radical (unpaired) electrons. The van der Waals surface area contributed by atoms with Crippen LogP contribution in [0, 0.1) is 5.82 Å². The van der Waals surface area contributed by atoms with Crippen molar-refractivity contribution in [3.8, 4) is 0 Å². The lowest BCUT2D eigenvalue weighted by Crippen LogP contribution is -2.46. The summed E-state index contributed by atoms with van der Waals surface area (Å²) in [4.78, 5) is 2.20. The predicted octanol–water partition coefficient (Wildman–Crippen LogP) is 1.92. The number of halogens is 2. The van der Waals surface area contributed by atoms with Crippen molar-refractivity contribution in [1.29, 1.82) is 0 Å². The Kier molecular flexibility index (Phi) is 4.14. The molecule has 2 unspecified atom stereocenters. The Bertz CT molecular complexity index is 402. The Labute approximate surface area is 109 Å². The monoisotopic (exact) mass is 302 g/mol. The summed E-state index contributed by atoms with van der Waals surface area (Å²) >= 11 is 3.21. The molecule has 0 spiro atoms. The first-order valence-electron chi connectivity index (χ1n) is 5.60. The smallest absolute Gasteiger partial charge is 0.137 e. The summed E-state index contributed by atoms with van der Waals surface area (Å²) in [5, 5.41) is 0. The van der Waals surface area contributed by atoms with Crippen LogP contribution < -0.4 is 5.73 Å². The van der Waals surface area contributed by atoms with E-state index < -0.39 is 0 Å². The molecule has 3 nitrogen and oxygen atoms in total. The maximum absolute atomic E-state index is 13.2. The quantitative estimate of drug-likeness (QED) is 0.907. The highest BCUT2D eigenvalue weighted by atomic mass is 79.9. The zero-order chi connectivity index (χ0) is 12.4. The van der Waals surface area contributed by atoms with Gasteiger partial charge in [-0.15, -0.1) is 0 Å². The predicted molar refractivity (Wildman–Crippen MR) is 68.3 cm³/mol. The Balaban J connectivity index is 2.31. The average Bonchev–Trinajstić information content (AvgIpc) is 2.32. The maximum Gasteiger partial charge on any atom is 0.137 e. The molecule has 2 atom stereocenters. The summed E-state index contributed by atoms with van der Waals surface area (Å²) in [5.41, 5.74) is 6.75. The van der Waals surface area contributed by atoms with Crippen LogP contribution in [0.2, 0.25) is 0 Å². The summed E-state index contributed by atoms with van der Waals surface area (Å²) in [6, 6.07) is 5.15. The first-order valence-corrected chi connectivity index (χ1v) is 6.39. The maximum atomic E-state index is 13.2. The van der Waals surface area contributed by atoms with Gasteiger partial charge in [0.25, 0.3) is 0 Å². The summed E-state index contributed by atoms with van der Waals surface area (Å²) < 4.78 is 19.4. The largest absolute Gasteiger partial charge is 0.374 e. The molecule has 17 heavy (non-hydrogen) atoms. The second kappa shape index (κ2) is 5.44. The molecule has 94 valence electrons. The minimum Gasteiger partial charge on any atom is -0.374 e. The van der Waals surface area contributed by atoms with Gasteiger partial charge >= 0.3 is 0 Å².